The summed E-state index contributed by atoms with van der Waals surface area (Å²) < 4.78 is 0. The minimum atomic E-state index is -0.419. The molecule has 70 valence electrons. The van der Waals surface area contributed by atoms with Gasteiger partial charge >= 0.3 is 0 Å². The maximum atomic E-state index is 11.3. The zero-order chi connectivity index (χ0) is 9.72. The minimum Gasteiger partial charge on any atom is -0.370 e. The molecule has 0 aromatic carbocycles. The molecule has 0 radical (unpaired) electrons. The molecule has 0 aliphatic rings. The first kappa shape index (κ1) is 10.9. The van der Waals surface area contributed by atoms with Gasteiger partial charge in [0.25, 0.3) is 0 Å². The van der Waals surface area contributed by atoms with E-state index in [0.29, 0.717) is 6.42 Å². The molecule has 0 heterocycles. The van der Waals surface area contributed by atoms with Gasteiger partial charge in [0.05, 0.1) is 0 Å². The van der Waals surface area contributed by atoms with Crippen molar-refractivity contribution in [1.29, 1.82) is 0 Å². The van der Waals surface area contributed by atoms with E-state index in [1.807, 2.05) is 6.92 Å². The van der Waals surface area contributed by atoms with Crippen LogP contribution in [0.3, 0.4) is 0 Å². The largest absolute Gasteiger partial charge is 0.370 e. The molecule has 0 spiro atoms. The third-order valence-electron chi connectivity index (χ3n) is 1.73. The van der Waals surface area contributed by atoms with Crippen molar-refractivity contribution in [2.24, 2.45) is 11.7 Å². The standard InChI is InChI=1S/C8H16N2O2/c1-4-6(5-7(9)11)8(12)10(2)3/h6H,4-5H2,1-3H3,(H2,9,11). The summed E-state index contributed by atoms with van der Waals surface area (Å²) in [6.07, 6.45) is 0.799. The summed E-state index contributed by atoms with van der Waals surface area (Å²) in [7, 11) is 3.35. The number of nitrogens with two attached hydrogens (primary N) is 1. The summed E-state index contributed by atoms with van der Waals surface area (Å²) in [4.78, 5) is 23.4. The second-order valence-corrected chi connectivity index (χ2v) is 3.01. The lowest BCUT2D eigenvalue weighted by Crippen LogP contribution is -2.32. The summed E-state index contributed by atoms with van der Waals surface area (Å²) in [5.74, 6) is -0.703. The molecule has 0 aromatic rings. The van der Waals surface area contributed by atoms with Crippen molar-refractivity contribution in [1.82, 2.24) is 4.90 Å². The Hall–Kier alpha value is -1.06. The van der Waals surface area contributed by atoms with Crippen molar-refractivity contribution in [2.75, 3.05) is 14.1 Å². The molecule has 1 atom stereocenters. The topological polar surface area (TPSA) is 63.4 Å². The van der Waals surface area contributed by atoms with Crippen LogP contribution in [0.15, 0.2) is 0 Å². The molecule has 2 amide bonds. The highest BCUT2D eigenvalue weighted by molar-refractivity contribution is 5.84. The molecule has 0 aromatic heterocycles. The van der Waals surface area contributed by atoms with E-state index in [0.717, 1.165) is 0 Å². The molecule has 0 rings (SSSR count). The van der Waals surface area contributed by atoms with Crippen LogP contribution in [0.4, 0.5) is 0 Å². The molecule has 4 nitrogen and oxygen atoms in total. The normalized spacial score (nSPS) is 12.2. The second kappa shape index (κ2) is 4.74. The lowest BCUT2D eigenvalue weighted by molar-refractivity contribution is -0.135. The molecule has 0 aliphatic carbocycles. The lowest BCUT2D eigenvalue weighted by atomic mass is 10.0. The van der Waals surface area contributed by atoms with E-state index in [1.165, 1.54) is 4.90 Å². The molecule has 4 heteroatoms. The Bertz CT molecular complexity index is 178. The van der Waals surface area contributed by atoms with Gasteiger partial charge in [-0.1, -0.05) is 6.92 Å². The van der Waals surface area contributed by atoms with Gasteiger partial charge in [-0.15, -0.1) is 0 Å². The van der Waals surface area contributed by atoms with E-state index in [4.69, 9.17) is 5.73 Å². The summed E-state index contributed by atoms with van der Waals surface area (Å²) in [6, 6.07) is 0. The van der Waals surface area contributed by atoms with E-state index < -0.39 is 5.91 Å². The number of amides is 2. The molecule has 0 aliphatic heterocycles. The number of nitrogens with zero attached hydrogens (tertiary/aromatic N) is 1. The van der Waals surface area contributed by atoms with Crippen molar-refractivity contribution in [3.63, 3.8) is 0 Å². The van der Waals surface area contributed by atoms with Crippen molar-refractivity contribution < 1.29 is 9.59 Å². The predicted octanol–water partition coefficient (Wildman–Crippen LogP) is -0.0238. The highest BCUT2D eigenvalue weighted by atomic mass is 16.2. The van der Waals surface area contributed by atoms with Crippen molar-refractivity contribution in [3.8, 4) is 0 Å². The smallest absolute Gasteiger partial charge is 0.225 e. The Morgan fingerprint density at radius 2 is 1.92 bits per heavy atom. The van der Waals surface area contributed by atoms with Crippen LogP contribution in [0.5, 0.6) is 0 Å². The molecule has 0 saturated heterocycles. The Balaban J connectivity index is 4.15. The fourth-order valence-electron chi connectivity index (χ4n) is 1.01. The Labute approximate surface area is 72.7 Å². The number of rotatable bonds is 4. The van der Waals surface area contributed by atoms with Gasteiger partial charge in [0.1, 0.15) is 0 Å². The molecule has 0 bridgehead atoms. The molecular formula is C8H16N2O2. The van der Waals surface area contributed by atoms with Crippen LogP contribution in [-0.2, 0) is 9.59 Å². The summed E-state index contributed by atoms with van der Waals surface area (Å²) >= 11 is 0. The molecule has 0 fully saturated rings. The summed E-state index contributed by atoms with van der Waals surface area (Å²) in [5, 5.41) is 0. The summed E-state index contributed by atoms with van der Waals surface area (Å²) in [5.41, 5.74) is 5.00. The zero-order valence-electron chi connectivity index (χ0n) is 7.83. The fourth-order valence-corrected chi connectivity index (χ4v) is 1.01. The van der Waals surface area contributed by atoms with Gasteiger partial charge in [0, 0.05) is 26.4 Å². The van der Waals surface area contributed by atoms with Gasteiger partial charge in [-0.2, -0.15) is 0 Å². The molecular weight excluding hydrogens is 156 g/mol. The van der Waals surface area contributed by atoms with Gasteiger partial charge in [-0.3, -0.25) is 9.59 Å². The van der Waals surface area contributed by atoms with Gasteiger partial charge in [0.15, 0.2) is 0 Å². The monoisotopic (exact) mass is 172 g/mol. The second-order valence-electron chi connectivity index (χ2n) is 3.01. The van der Waals surface area contributed by atoms with Crippen molar-refractivity contribution in [2.45, 2.75) is 19.8 Å². The number of carbonyl (C=O) groups is 2. The van der Waals surface area contributed by atoms with Crippen LogP contribution in [0, 0.1) is 5.92 Å². The van der Waals surface area contributed by atoms with E-state index in [-0.39, 0.29) is 18.2 Å². The first-order valence-corrected chi connectivity index (χ1v) is 3.98. The van der Waals surface area contributed by atoms with E-state index >= 15 is 0 Å². The Morgan fingerprint density at radius 3 is 2.17 bits per heavy atom. The van der Waals surface area contributed by atoms with Crippen molar-refractivity contribution >= 4 is 11.8 Å². The van der Waals surface area contributed by atoms with Crippen LogP contribution in [0.2, 0.25) is 0 Å². The zero-order valence-corrected chi connectivity index (χ0v) is 7.83. The van der Waals surface area contributed by atoms with E-state index in [1.54, 1.807) is 14.1 Å². The van der Waals surface area contributed by atoms with Gasteiger partial charge < -0.3 is 10.6 Å². The highest BCUT2D eigenvalue weighted by Gasteiger charge is 2.19. The average Bonchev–Trinajstić information content (AvgIpc) is 1.98. The van der Waals surface area contributed by atoms with E-state index in [9.17, 15) is 9.59 Å². The number of primary amides is 1. The summed E-state index contributed by atoms with van der Waals surface area (Å²) in [6.45, 7) is 1.87. The number of carbonyl (C=O) groups excluding carboxylic acids is 2. The van der Waals surface area contributed by atoms with Crippen molar-refractivity contribution in [3.05, 3.63) is 0 Å². The first-order chi connectivity index (χ1) is 5.49. The Morgan fingerprint density at radius 1 is 1.42 bits per heavy atom. The van der Waals surface area contributed by atoms with Crippen LogP contribution in [0.25, 0.3) is 0 Å². The molecule has 0 saturated carbocycles. The number of hydrogen-bond acceptors (Lipinski definition) is 2. The van der Waals surface area contributed by atoms with Crippen LogP contribution in [-0.4, -0.2) is 30.8 Å². The Kier molecular flexibility index (Phi) is 4.33. The van der Waals surface area contributed by atoms with Crippen LogP contribution < -0.4 is 5.73 Å². The SMILES string of the molecule is CCC(CC(N)=O)C(=O)N(C)C. The molecule has 1 unspecified atom stereocenters. The van der Waals surface area contributed by atoms with Crippen LogP contribution in [0.1, 0.15) is 19.8 Å². The highest BCUT2D eigenvalue weighted by Crippen LogP contribution is 2.09. The molecule has 12 heavy (non-hydrogen) atoms. The lowest BCUT2D eigenvalue weighted by Gasteiger charge is -2.17. The third-order valence-corrected chi connectivity index (χ3v) is 1.73. The fraction of sp³-hybridized carbons (Fsp3) is 0.750. The van der Waals surface area contributed by atoms with Crippen LogP contribution >= 0.6 is 0 Å². The van der Waals surface area contributed by atoms with Gasteiger partial charge in [-0.05, 0) is 6.42 Å². The van der Waals surface area contributed by atoms with E-state index in [2.05, 4.69) is 0 Å². The van der Waals surface area contributed by atoms with Gasteiger partial charge in [0.2, 0.25) is 11.8 Å². The predicted molar refractivity (Wildman–Crippen MR) is 46.3 cm³/mol. The number of hydrogen-bond donors (Lipinski definition) is 1. The average molecular weight is 172 g/mol. The first-order valence-electron chi connectivity index (χ1n) is 3.98. The quantitative estimate of drug-likeness (QED) is 0.647. The third kappa shape index (κ3) is 3.37. The maximum Gasteiger partial charge on any atom is 0.225 e. The van der Waals surface area contributed by atoms with Gasteiger partial charge in [-0.25, -0.2) is 0 Å². The molecule has 2 N–H and O–H groups in total. The minimum absolute atomic E-state index is 0.0312. The maximum absolute atomic E-state index is 11.3.